The molecule has 1 saturated carbocycles. The highest BCUT2D eigenvalue weighted by Crippen LogP contribution is 2.35. The number of likely N-dealkylation sites (tertiary alicyclic amines) is 1. The SMILES string of the molecule is CN(CC(=O)N1CCCC1)c1ccc(C2CCC(N(C)C(=O)c3ccc(Cl)cc3)CC2)cc1. The lowest BCUT2D eigenvalue weighted by molar-refractivity contribution is -0.128. The first-order chi connectivity index (χ1) is 15.9. The summed E-state index contributed by atoms with van der Waals surface area (Å²) in [6, 6.07) is 16.1. The second kappa shape index (κ2) is 10.6. The van der Waals surface area contributed by atoms with Gasteiger partial charge in [-0.3, -0.25) is 9.59 Å². The van der Waals surface area contributed by atoms with E-state index in [1.54, 1.807) is 24.3 Å². The highest BCUT2D eigenvalue weighted by molar-refractivity contribution is 6.30. The predicted molar refractivity (Wildman–Crippen MR) is 134 cm³/mol. The Hall–Kier alpha value is -2.53. The number of benzene rings is 2. The lowest BCUT2D eigenvalue weighted by Crippen LogP contribution is -2.39. The molecule has 1 aliphatic heterocycles. The Kier molecular flexibility index (Phi) is 7.59. The van der Waals surface area contributed by atoms with E-state index in [0.717, 1.165) is 57.3 Å². The Bertz CT molecular complexity index is 946. The van der Waals surface area contributed by atoms with E-state index in [0.29, 0.717) is 23.0 Å². The van der Waals surface area contributed by atoms with Crippen molar-refractivity contribution in [3.63, 3.8) is 0 Å². The molecule has 2 aromatic rings. The van der Waals surface area contributed by atoms with Crippen LogP contribution in [0.2, 0.25) is 5.02 Å². The molecule has 1 saturated heterocycles. The average molecular weight is 468 g/mol. The zero-order valence-electron chi connectivity index (χ0n) is 19.7. The van der Waals surface area contributed by atoms with Gasteiger partial charge in [0.1, 0.15) is 0 Å². The van der Waals surface area contributed by atoms with E-state index >= 15 is 0 Å². The first-order valence-corrected chi connectivity index (χ1v) is 12.4. The van der Waals surface area contributed by atoms with Crippen LogP contribution >= 0.6 is 11.6 Å². The lowest BCUT2D eigenvalue weighted by Gasteiger charge is -2.35. The Morgan fingerprint density at radius 2 is 1.52 bits per heavy atom. The highest BCUT2D eigenvalue weighted by atomic mass is 35.5. The minimum Gasteiger partial charge on any atom is -0.365 e. The third kappa shape index (κ3) is 5.70. The number of carbonyl (C=O) groups excluding carboxylic acids is 2. The molecule has 0 radical (unpaired) electrons. The summed E-state index contributed by atoms with van der Waals surface area (Å²) in [6.45, 7) is 2.22. The molecule has 0 N–H and O–H groups in total. The normalized spacial score (nSPS) is 20.5. The molecule has 6 heteroatoms. The predicted octanol–water partition coefficient (Wildman–Crippen LogP) is 5.20. The molecule has 4 rings (SSSR count). The van der Waals surface area contributed by atoms with E-state index in [2.05, 4.69) is 24.3 Å². The number of rotatable bonds is 6. The third-order valence-corrected chi connectivity index (χ3v) is 7.54. The number of hydrogen-bond donors (Lipinski definition) is 0. The van der Waals surface area contributed by atoms with E-state index < -0.39 is 0 Å². The number of likely N-dealkylation sites (N-methyl/N-ethyl adjacent to an activating group) is 1. The molecule has 1 aliphatic carbocycles. The molecular formula is C27H34ClN3O2. The molecule has 0 bridgehead atoms. The molecule has 33 heavy (non-hydrogen) atoms. The molecule has 2 aliphatic rings. The van der Waals surface area contributed by atoms with Crippen LogP contribution in [0.15, 0.2) is 48.5 Å². The van der Waals surface area contributed by atoms with Crippen molar-refractivity contribution in [2.24, 2.45) is 0 Å². The Morgan fingerprint density at radius 1 is 0.909 bits per heavy atom. The molecular weight excluding hydrogens is 434 g/mol. The highest BCUT2D eigenvalue weighted by Gasteiger charge is 2.28. The quantitative estimate of drug-likeness (QED) is 0.586. The van der Waals surface area contributed by atoms with Crippen LogP contribution in [0.25, 0.3) is 0 Å². The zero-order valence-corrected chi connectivity index (χ0v) is 20.4. The van der Waals surface area contributed by atoms with Crippen molar-refractivity contribution in [2.45, 2.75) is 50.5 Å². The van der Waals surface area contributed by atoms with Crippen LogP contribution in [0, 0.1) is 0 Å². The largest absolute Gasteiger partial charge is 0.365 e. The zero-order chi connectivity index (χ0) is 23.4. The van der Waals surface area contributed by atoms with Gasteiger partial charge in [0.25, 0.3) is 5.91 Å². The van der Waals surface area contributed by atoms with E-state index in [9.17, 15) is 9.59 Å². The Morgan fingerprint density at radius 3 is 2.12 bits per heavy atom. The van der Waals surface area contributed by atoms with E-state index in [4.69, 9.17) is 11.6 Å². The van der Waals surface area contributed by atoms with Gasteiger partial charge in [-0.25, -0.2) is 0 Å². The number of halogens is 1. The van der Waals surface area contributed by atoms with Crippen LogP contribution in [0.4, 0.5) is 5.69 Å². The van der Waals surface area contributed by atoms with Crippen LogP contribution in [-0.2, 0) is 4.79 Å². The van der Waals surface area contributed by atoms with Crippen LogP contribution in [-0.4, -0.2) is 61.4 Å². The number of carbonyl (C=O) groups is 2. The van der Waals surface area contributed by atoms with Crippen molar-refractivity contribution in [2.75, 3.05) is 38.6 Å². The van der Waals surface area contributed by atoms with Crippen LogP contribution in [0.5, 0.6) is 0 Å². The van der Waals surface area contributed by atoms with Crippen molar-refractivity contribution in [3.8, 4) is 0 Å². The topological polar surface area (TPSA) is 43.9 Å². The summed E-state index contributed by atoms with van der Waals surface area (Å²) in [6.07, 6.45) is 6.41. The molecule has 0 unspecified atom stereocenters. The number of nitrogens with zero attached hydrogens (tertiary/aromatic N) is 3. The van der Waals surface area contributed by atoms with E-state index in [-0.39, 0.29) is 17.9 Å². The van der Waals surface area contributed by atoms with Gasteiger partial charge in [-0.2, -0.15) is 0 Å². The second-order valence-electron chi connectivity index (χ2n) is 9.46. The van der Waals surface area contributed by atoms with Crippen LogP contribution in [0.1, 0.15) is 60.4 Å². The third-order valence-electron chi connectivity index (χ3n) is 7.29. The molecule has 2 aromatic carbocycles. The fraction of sp³-hybridized carbons (Fsp3) is 0.481. The standard InChI is InChI=1S/C27H34ClN3O2/c1-29(19-26(32)31-17-3-4-18-31)24-13-7-20(8-14-24)21-9-15-25(16-10-21)30(2)27(33)22-5-11-23(28)12-6-22/h5-8,11-14,21,25H,3-4,9-10,15-19H2,1-2H3. The van der Waals surface area contributed by atoms with Gasteiger partial charge in [-0.15, -0.1) is 0 Å². The summed E-state index contributed by atoms with van der Waals surface area (Å²) >= 11 is 5.95. The van der Waals surface area contributed by atoms with Gasteiger partial charge in [0.15, 0.2) is 0 Å². The fourth-order valence-corrected chi connectivity index (χ4v) is 5.25. The second-order valence-corrected chi connectivity index (χ2v) is 9.90. The molecule has 176 valence electrons. The molecule has 5 nitrogen and oxygen atoms in total. The van der Waals surface area contributed by atoms with Crippen molar-refractivity contribution in [1.82, 2.24) is 9.80 Å². The molecule has 2 amide bonds. The van der Waals surface area contributed by atoms with Crippen molar-refractivity contribution < 1.29 is 9.59 Å². The van der Waals surface area contributed by atoms with Crippen molar-refractivity contribution >= 4 is 29.1 Å². The van der Waals surface area contributed by atoms with Gasteiger partial charge in [0, 0.05) is 49.5 Å². The maximum atomic E-state index is 12.8. The summed E-state index contributed by atoms with van der Waals surface area (Å²) in [5.41, 5.74) is 3.11. The van der Waals surface area contributed by atoms with E-state index in [1.807, 2.05) is 28.8 Å². The van der Waals surface area contributed by atoms with E-state index in [1.165, 1.54) is 5.56 Å². The van der Waals surface area contributed by atoms with Gasteiger partial charge in [0.2, 0.25) is 5.91 Å². The monoisotopic (exact) mass is 467 g/mol. The Balaban J connectivity index is 1.29. The first-order valence-electron chi connectivity index (χ1n) is 12.0. The van der Waals surface area contributed by atoms with Crippen LogP contribution in [0.3, 0.4) is 0 Å². The van der Waals surface area contributed by atoms with Crippen LogP contribution < -0.4 is 4.90 Å². The molecule has 1 heterocycles. The maximum absolute atomic E-state index is 12.8. The van der Waals surface area contributed by atoms with Gasteiger partial charge in [-0.05, 0) is 86.4 Å². The average Bonchev–Trinajstić information content (AvgIpc) is 3.39. The van der Waals surface area contributed by atoms with Gasteiger partial charge in [0.05, 0.1) is 6.54 Å². The van der Waals surface area contributed by atoms with Crippen molar-refractivity contribution in [1.29, 1.82) is 0 Å². The summed E-state index contributed by atoms with van der Waals surface area (Å²) < 4.78 is 0. The molecule has 2 fully saturated rings. The maximum Gasteiger partial charge on any atom is 0.253 e. The fourth-order valence-electron chi connectivity index (χ4n) is 5.12. The van der Waals surface area contributed by atoms with Gasteiger partial charge >= 0.3 is 0 Å². The Labute approximate surface area is 202 Å². The summed E-state index contributed by atoms with van der Waals surface area (Å²) in [4.78, 5) is 31.2. The summed E-state index contributed by atoms with van der Waals surface area (Å²) in [5, 5.41) is 0.644. The smallest absolute Gasteiger partial charge is 0.253 e. The minimum absolute atomic E-state index is 0.0611. The summed E-state index contributed by atoms with van der Waals surface area (Å²) in [7, 11) is 3.90. The van der Waals surface area contributed by atoms with Gasteiger partial charge in [-0.1, -0.05) is 23.7 Å². The lowest BCUT2D eigenvalue weighted by atomic mass is 9.81. The first kappa shape index (κ1) is 23.6. The minimum atomic E-state index is 0.0611. The molecule has 0 spiro atoms. The number of amides is 2. The van der Waals surface area contributed by atoms with Gasteiger partial charge < -0.3 is 14.7 Å². The molecule has 0 aromatic heterocycles. The molecule has 0 atom stereocenters. The summed E-state index contributed by atoms with van der Waals surface area (Å²) in [5.74, 6) is 0.798. The number of hydrogen-bond acceptors (Lipinski definition) is 3. The van der Waals surface area contributed by atoms with Crippen molar-refractivity contribution in [3.05, 3.63) is 64.7 Å². The number of anilines is 1.